The van der Waals surface area contributed by atoms with Crippen molar-refractivity contribution in [2.75, 3.05) is 5.73 Å². The summed E-state index contributed by atoms with van der Waals surface area (Å²) in [5.41, 5.74) is 8.71. The van der Waals surface area contributed by atoms with Crippen molar-refractivity contribution in [3.05, 3.63) is 45.9 Å². The highest BCUT2D eigenvalue weighted by Crippen LogP contribution is 2.21. The first kappa shape index (κ1) is 20.3. The van der Waals surface area contributed by atoms with E-state index in [9.17, 15) is 9.59 Å². The van der Waals surface area contributed by atoms with Gasteiger partial charge in [-0.2, -0.15) is 0 Å². The Morgan fingerprint density at radius 2 is 2.10 bits per heavy atom. The van der Waals surface area contributed by atoms with Crippen LogP contribution in [0.15, 0.2) is 29.2 Å². The number of hydrogen-bond donors (Lipinski definition) is 2. The van der Waals surface area contributed by atoms with Crippen LogP contribution in [-0.4, -0.2) is 21.3 Å². The number of carbonyl (C=O) groups excluding carboxylic acids is 1. The Hall–Kier alpha value is -2.96. The number of nitrogen functional groups attached to an aromatic ring is 1. The van der Waals surface area contributed by atoms with Gasteiger partial charge in [-0.25, -0.2) is 4.57 Å². The molecular formula is C23H30N5O2+. The number of rotatable bonds is 4. The van der Waals surface area contributed by atoms with Crippen molar-refractivity contribution in [3.8, 4) is 0 Å². The number of nitrogens with one attached hydrogen (secondary N) is 1. The average molecular weight is 409 g/mol. The summed E-state index contributed by atoms with van der Waals surface area (Å²) in [7, 11) is 0. The zero-order chi connectivity index (χ0) is 21.4. The van der Waals surface area contributed by atoms with Crippen LogP contribution in [0, 0.1) is 6.92 Å². The van der Waals surface area contributed by atoms with Crippen LogP contribution in [0.4, 0.5) is 5.82 Å². The lowest BCUT2D eigenvalue weighted by Crippen LogP contribution is -2.46. The topological polar surface area (TPSA) is 93.4 Å². The predicted molar refractivity (Wildman–Crippen MR) is 118 cm³/mol. The lowest BCUT2D eigenvalue weighted by Gasteiger charge is -2.23. The highest BCUT2D eigenvalue weighted by Gasteiger charge is 2.28. The molecule has 1 atom stereocenters. The highest BCUT2D eigenvalue weighted by molar-refractivity contribution is 6.00. The van der Waals surface area contributed by atoms with Crippen LogP contribution in [0.25, 0.3) is 16.7 Å². The molecule has 1 saturated carbocycles. The molecule has 0 aliphatic heterocycles. The van der Waals surface area contributed by atoms with Crippen molar-refractivity contribution in [1.82, 2.24) is 14.7 Å². The van der Waals surface area contributed by atoms with E-state index in [4.69, 9.17) is 10.7 Å². The Morgan fingerprint density at radius 3 is 2.80 bits per heavy atom. The fourth-order valence-electron chi connectivity index (χ4n) is 4.39. The Balaban J connectivity index is 1.94. The molecule has 0 bridgehead atoms. The van der Waals surface area contributed by atoms with Gasteiger partial charge in [-0.05, 0) is 45.2 Å². The van der Waals surface area contributed by atoms with Crippen LogP contribution in [0.2, 0.25) is 0 Å². The lowest BCUT2D eigenvalue weighted by molar-refractivity contribution is -0.683. The molecule has 0 aromatic carbocycles. The van der Waals surface area contributed by atoms with Gasteiger partial charge in [0.1, 0.15) is 10.9 Å². The van der Waals surface area contributed by atoms with Crippen molar-refractivity contribution in [2.45, 2.75) is 71.4 Å². The van der Waals surface area contributed by atoms with Crippen LogP contribution in [0.1, 0.15) is 74.3 Å². The first-order chi connectivity index (χ1) is 14.4. The van der Waals surface area contributed by atoms with Gasteiger partial charge in [0.25, 0.3) is 17.1 Å². The third-order valence-electron chi connectivity index (χ3n) is 6.33. The minimum absolute atomic E-state index is 0.00620. The van der Waals surface area contributed by atoms with Gasteiger partial charge in [0.2, 0.25) is 11.5 Å². The minimum Gasteiger partial charge on any atom is -0.349 e. The van der Waals surface area contributed by atoms with E-state index in [0.29, 0.717) is 28.1 Å². The van der Waals surface area contributed by atoms with E-state index in [1.54, 1.807) is 12.3 Å². The van der Waals surface area contributed by atoms with E-state index in [1.807, 2.05) is 30.5 Å². The van der Waals surface area contributed by atoms with E-state index in [-0.39, 0.29) is 23.6 Å². The maximum atomic E-state index is 13.3. The standard InChI is InChI=1S/C23H29N5O2/c1-4-15(3)28-19(24)17(22(29)25-16-10-6-5-7-11-16)13-18-21(28)26-20-14(2)9-8-12-27(20)23(18)30/h8-9,12-13,15-16,24H,4-7,10-11H2,1-3H3,(H,25,29)/p+1/t15-/m0/s1. The number of pyridine rings is 2. The van der Waals surface area contributed by atoms with E-state index >= 15 is 0 Å². The normalized spacial score (nSPS) is 16.1. The number of nitrogens with zero attached hydrogens (tertiary/aromatic N) is 3. The zero-order valence-corrected chi connectivity index (χ0v) is 17.9. The minimum atomic E-state index is -0.216. The second-order valence-corrected chi connectivity index (χ2v) is 8.42. The number of aromatic nitrogens is 3. The molecule has 4 rings (SSSR count). The summed E-state index contributed by atoms with van der Waals surface area (Å²) < 4.78 is 3.39. The van der Waals surface area contributed by atoms with Gasteiger partial charge >= 0.3 is 0 Å². The van der Waals surface area contributed by atoms with Crippen LogP contribution in [-0.2, 0) is 0 Å². The summed E-state index contributed by atoms with van der Waals surface area (Å²) in [6.45, 7) is 6.01. The quantitative estimate of drug-likeness (QED) is 0.512. The first-order valence-corrected chi connectivity index (χ1v) is 10.9. The van der Waals surface area contributed by atoms with Crippen LogP contribution >= 0.6 is 0 Å². The largest absolute Gasteiger partial charge is 0.349 e. The van der Waals surface area contributed by atoms with Crippen molar-refractivity contribution in [3.63, 3.8) is 0 Å². The first-order valence-electron chi connectivity index (χ1n) is 10.9. The molecule has 3 aromatic heterocycles. The van der Waals surface area contributed by atoms with Crippen molar-refractivity contribution >= 4 is 28.4 Å². The summed E-state index contributed by atoms with van der Waals surface area (Å²) in [4.78, 5) is 31.3. The number of aryl methyl sites for hydroxylation is 1. The molecule has 0 unspecified atom stereocenters. The lowest BCUT2D eigenvalue weighted by atomic mass is 9.95. The maximum Gasteiger partial charge on any atom is 0.278 e. The SMILES string of the molecule is CC[C@H](C)[n+]1c(N)c(C(=O)NC2CCCCC2)cc2c(=O)n3cccc(C)c3nc21. The number of carbonyl (C=O) groups is 1. The van der Waals surface area contributed by atoms with E-state index in [0.717, 1.165) is 37.7 Å². The molecule has 3 aromatic rings. The molecule has 0 spiro atoms. The molecule has 30 heavy (non-hydrogen) atoms. The van der Waals surface area contributed by atoms with Gasteiger partial charge in [0.15, 0.2) is 0 Å². The van der Waals surface area contributed by atoms with Crippen LogP contribution in [0.3, 0.4) is 0 Å². The molecule has 1 fully saturated rings. The molecule has 3 N–H and O–H groups in total. The fourth-order valence-corrected chi connectivity index (χ4v) is 4.39. The molecule has 0 saturated heterocycles. The Labute approximate surface area is 175 Å². The van der Waals surface area contributed by atoms with Gasteiger partial charge < -0.3 is 11.1 Å². The van der Waals surface area contributed by atoms with Crippen LogP contribution in [0.5, 0.6) is 0 Å². The Morgan fingerprint density at radius 1 is 1.37 bits per heavy atom. The Bertz CT molecular complexity index is 1180. The van der Waals surface area contributed by atoms with Crippen LogP contribution < -0.4 is 21.2 Å². The van der Waals surface area contributed by atoms with Gasteiger partial charge in [-0.1, -0.05) is 37.2 Å². The average Bonchev–Trinajstić information content (AvgIpc) is 2.74. The van der Waals surface area contributed by atoms with Gasteiger partial charge in [-0.3, -0.25) is 14.0 Å². The summed E-state index contributed by atoms with van der Waals surface area (Å²) >= 11 is 0. The summed E-state index contributed by atoms with van der Waals surface area (Å²) in [5, 5.41) is 3.53. The second-order valence-electron chi connectivity index (χ2n) is 8.42. The highest BCUT2D eigenvalue weighted by atomic mass is 16.2. The predicted octanol–water partition coefficient (Wildman–Crippen LogP) is 3.06. The van der Waals surface area contributed by atoms with Gasteiger partial charge in [-0.15, -0.1) is 0 Å². The monoisotopic (exact) mass is 408 g/mol. The molecule has 1 amide bonds. The number of amides is 1. The molecule has 3 heterocycles. The number of hydrogen-bond acceptors (Lipinski definition) is 4. The fraction of sp³-hybridized carbons (Fsp3) is 0.478. The maximum absolute atomic E-state index is 13.3. The van der Waals surface area contributed by atoms with Crippen molar-refractivity contribution in [2.24, 2.45) is 0 Å². The number of anilines is 1. The van der Waals surface area contributed by atoms with Crippen molar-refractivity contribution < 1.29 is 9.36 Å². The van der Waals surface area contributed by atoms with E-state index < -0.39 is 0 Å². The molecular weight excluding hydrogens is 378 g/mol. The summed E-state index contributed by atoms with van der Waals surface area (Å²) in [6.07, 6.45) is 7.95. The number of nitrogens with two attached hydrogens (primary N) is 1. The Kier molecular flexibility index (Phi) is 5.45. The third-order valence-corrected chi connectivity index (χ3v) is 6.33. The molecule has 1 aliphatic rings. The summed E-state index contributed by atoms with van der Waals surface area (Å²) in [6, 6.07) is 5.53. The third kappa shape index (κ3) is 3.42. The molecule has 7 nitrogen and oxygen atoms in total. The van der Waals surface area contributed by atoms with Crippen molar-refractivity contribution in [1.29, 1.82) is 0 Å². The summed E-state index contributed by atoms with van der Waals surface area (Å²) in [5.74, 6) is 0.141. The zero-order valence-electron chi connectivity index (χ0n) is 17.9. The second kappa shape index (κ2) is 8.05. The number of fused-ring (bicyclic) bond motifs is 2. The molecule has 7 heteroatoms. The molecule has 1 aliphatic carbocycles. The smallest absolute Gasteiger partial charge is 0.278 e. The van der Waals surface area contributed by atoms with E-state index in [1.165, 1.54) is 10.8 Å². The molecule has 158 valence electrons. The molecule has 0 radical (unpaired) electrons. The van der Waals surface area contributed by atoms with Gasteiger partial charge in [0.05, 0.1) is 6.04 Å². The van der Waals surface area contributed by atoms with Gasteiger partial charge in [0, 0.05) is 17.8 Å². The van der Waals surface area contributed by atoms with E-state index in [2.05, 4.69) is 12.2 Å².